The molecule has 1 atom stereocenters. The first-order chi connectivity index (χ1) is 13.4. The maximum absolute atomic E-state index is 12.6. The van der Waals surface area contributed by atoms with E-state index in [2.05, 4.69) is 15.0 Å². The Morgan fingerprint density at radius 2 is 2.07 bits per heavy atom. The van der Waals surface area contributed by atoms with Crippen LogP contribution < -0.4 is 14.8 Å². The van der Waals surface area contributed by atoms with Crippen LogP contribution in [0.5, 0.6) is 5.75 Å². The van der Waals surface area contributed by atoms with Crippen LogP contribution >= 0.6 is 11.6 Å². The van der Waals surface area contributed by atoms with Crippen molar-refractivity contribution in [3.63, 3.8) is 0 Å². The number of benzene rings is 2. The fourth-order valence-corrected chi connectivity index (χ4v) is 4.49. The van der Waals surface area contributed by atoms with Crippen LogP contribution in [0.25, 0.3) is 0 Å². The number of carbonyl (C=O) groups is 1. The third-order valence-corrected chi connectivity index (χ3v) is 6.14. The summed E-state index contributed by atoms with van der Waals surface area (Å²) < 4.78 is 33.2. The third kappa shape index (κ3) is 3.98. The lowest BCUT2D eigenvalue weighted by atomic mass is 10.1. The smallest absolute Gasteiger partial charge is 0.265 e. The topological polar surface area (TPSA) is 96.9 Å². The number of ether oxygens (including phenoxy) is 1. The molecule has 0 fully saturated rings. The van der Waals surface area contributed by atoms with Crippen LogP contribution in [0.2, 0.25) is 5.02 Å². The molecule has 2 aliphatic rings. The van der Waals surface area contributed by atoms with Crippen molar-refractivity contribution in [2.24, 2.45) is 4.99 Å². The summed E-state index contributed by atoms with van der Waals surface area (Å²) >= 11 is 5.97. The van der Waals surface area contributed by atoms with Crippen LogP contribution in [-0.2, 0) is 21.2 Å². The fraction of sp³-hybridized carbons (Fsp3) is 0.263. The molecular weight excluding hydrogens is 402 g/mol. The molecule has 146 valence electrons. The summed E-state index contributed by atoms with van der Waals surface area (Å²) in [4.78, 5) is 16.7. The van der Waals surface area contributed by atoms with Crippen molar-refractivity contribution < 1.29 is 17.9 Å². The second-order valence-electron chi connectivity index (χ2n) is 6.62. The summed E-state index contributed by atoms with van der Waals surface area (Å²) in [5.74, 6) is 0.739. The highest BCUT2D eigenvalue weighted by molar-refractivity contribution is 7.90. The second-order valence-corrected chi connectivity index (χ2v) is 8.74. The van der Waals surface area contributed by atoms with Crippen molar-refractivity contribution in [3.05, 3.63) is 53.1 Å². The number of aliphatic imine (C=N–C) groups is 1. The molecule has 0 saturated heterocycles. The Kier molecular flexibility index (Phi) is 4.99. The quantitative estimate of drug-likeness (QED) is 0.796. The third-order valence-electron chi connectivity index (χ3n) is 4.53. The number of anilines is 1. The number of rotatable bonds is 4. The van der Waals surface area contributed by atoms with Crippen LogP contribution in [0, 0.1) is 0 Å². The van der Waals surface area contributed by atoms with Crippen LogP contribution in [0.1, 0.15) is 18.4 Å². The van der Waals surface area contributed by atoms with Gasteiger partial charge in [-0.2, -0.15) is 0 Å². The van der Waals surface area contributed by atoms with E-state index >= 15 is 0 Å². The van der Waals surface area contributed by atoms with Gasteiger partial charge in [0.1, 0.15) is 11.6 Å². The first-order valence-corrected chi connectivity index (χ1v) is 10.7. The van der Waals surface area contributed by atoms with Gasteiger partial charge in [0.25, 0.3) is 15.9 Å². The average Bonchev–Trinajstić information content (AvgIpc) is 3.30. The minimum Gasteiger partial charge on any atom is -0.480 e. The Hall–Kier alpha value is -2.58. The molecule has 4 rings (SSSR count). The van der Waals surface area contributed by atoms with Gasteiger partial charge in [0, 0.05) is 30.1 Å². The van der Waals surface area contributed by atoms with Gasteiger partial charge in [0.2, 0.25) is 0 Å². The van der Waals surface area contributed by atoms with E-state index in [9.17, 15) is 13.2 Å². The number of amides is 1. The summed E-state index contributed by atoms with van der Waals surface area (Å²) in [5.41, 5.74) is 1.24. The van der Waals surface area contributed by atoms with Gasteiger partial charge in [0.15, 0.2) is 6.10 Å². The van der Waals surface area contributed by atoms with Gasteiger partial charge in [0.05, 0.1) is 4.90 Å². The molecule has 7 nitrogen and oxygen atoms in total. The largest absolute Gasteiger partial charge is 0.480 e. The summed E-state index contributed by atoms with van der Waals surface area (Å²) in [6, 6.07) is 11.3. The van der Waals surface area contributed by atoms with E-state index in [0.717, 1.165) is 12.0 Å². The monoisotopic (exact) mass is 419 g/mol. The molecule has 0 saturated carbocycles. The van der Waals surface area contributed by atoms with Gasteiger partial charge in [-0.05, 0) is 48.4 Å². The lowest BCUT2D eigenvalue weighted by molar-refractivity contribution is -0.122. The first-order valence-electron chi connectivity index (χ1n) is 8.83. The lowest BCUT2D eigenvalue weighted by Crippen LogP contribution is -2.32. The van der Waals surface area contributed by atoms with Crippen molar-refractivity contribution in [3.8, 4) is 5.75 Å². The molecule has 0 aliphatic carbocycles. The number of carbonyl (C=O) groups excluding carboxylic acids is 1. The lowest BCUT2D eigenvalue weighted by Gasteiger charge is -2.13. The van der Waals surface area contributed by atoms with E-state index in [1.165, 1.54) is 12.1 Å². The van der Waals surface area contributed by atoms with Crippen molar-refractivity contribution >= 4 is 39.1 Å². The number of hydrogen-bond acceptors (Lipinski definition) is 5. The Morgan fingerprint density at radius 3 is 2.86 bits per heavy atom. The van der Waals surface area contributed by atoms with E-state index in [1.807, 2.05) is 0 Å². The molecule has 0 spiro atoms. The van der Waals surface area contributed by atoms with Gasteiger partial charge >= 0.3 is 0 Å². The first kappa shape index (κ1) is 18.8. The minimum absolute atomic E-state index is 0.0577. The van der Waals surface area contributed by atoms with Crippen LogP contribution in [0.15, 0.2) is 52.4 Å². The van der Waals surface area contributed by atoms with Gasteiger partial charge in [-0.15, -0.1) is 0 Å². The molecule has 0 bridgehead atoms. The molecule has 9 heteroatoms. The van der Waals surface area contributed by atoms with Crippen molar-refractivity contribution in [2.45, 2.75) is 30.3 Å². The average molecular weight is 420 g/mol. The van der Waals surface area contributed by atoms with E-state index in [1.54, 1.807) is 30.3 Å². The SMILES string of the molecule is O=C(Nc1cccc(S(=O)(=O)NC2=NCCC2)c1)C1Cc2cc(Cl)ccc2O1. The zero-order chi connectivity index (χ0) is 19.7. The summed E-state index contributed by atoms with van der Waals surface area (Å²) in [5, 5.41) is 3.30. The Bertz CT molecular complexity index is 1070. The molecule has 2 heterocycles. The van der Waals surface area contributed by atoms with Gasteiger partial charge < -0.3 is 10.1 Å². The molecule has 2 aromatic rings. The maximum Gasteiger partial charge on any atom is 0.265 e. The van der Waals surface area contributed by atoms with Gasteiger partial charge in [-0.25, -0.2) is 8.42 Å². The highest BCUT2D eigenvalue weighted by atomic mass is 35.5. The highest BCUT2D eigenvalue weighted by Crippen LogP contribution is 2.31. The van der Waals surface area contributed by atoms with Crippen LogP contribution in [0.4, 0.5) is 5.69 Å². The number of nitrogens with one attached hydrogen (secondary N) is 2. The highest BCUT2D eigenvalue weighted by Gasteiger charge is 2.29. The number of fused-ring (bicyclic) bond motifs is 1. The summed E-state index contributed by atoms with van der Waals surface area (Å²) in [7, 11) is -3.75. The van der Waals surface area contributed by atoms with Crippen molar-refractivity contribution in [1.29, 1.82) is 0 Å². The second kappa shape index (κ2) is 7.44. The molecule has 2 aliphatic heterocycles. The summed E-state index contributed by atoms with van der Waals surface area (Å²) in [6.07, 6.45) is 1.16. The van der Waals surface area contributed by atoms with Crippen molar-refractivity contribution in [2.75, 3.05) is 11.9 Å². The summed E-state index contributed by atoms with van der Waals surface area (Å²) in [6.45, 7) is 0.628. The number of halogens is 1. The molecule has 28 heavy (non-hydrogen) atoms. The molecule has 1 unspecified atom stereocenters. The Morgan fingerprint density at radius 1 is 1.21 bits per heavy atom. The number of hydrogen-bond donors (Lipinski definition) is 2. The van der Waals surface area contributed by atoms with Crippen LogP contribution in [0.3, 0.4) is 0 Å². The molecule has 1 amide bonds. The normalized spacial score (nSPS) is 18.2. The maximum atomic E-state index is 12.6. The standard InChI is InChI=1S/C19H18ClN3O4S/c20-13-6-7-16-12(9-13)10-17(27-16)19(24)22-14-3-1-4-15(11-14)28(25,26)23-18-5-2-8-21-18/h1,3-4,6-7,9,11,17H,2,5,8,10H2,(H,21,23)(H,22,24). The fourth-order valence-electron chi connectivity index (χ4n) is 3.16. The number of sulfonamides is 1. The van der Waals surface area contributed by atoms with E-state index in [0.29, 0.717) is 41.7 Å². The van der Waals surface area contributed by atoms with E-state index in [-0.39, 0.29) is 10.8 Å². The van der Waals surface area contributed by atoms with Gasteiger partial charge in [-0.3, -0.25) is 14.5 Å². The molecule has 2 N–H and O–H groups in total. The Balaban J connectivity index is 1.46. The number of nitrogens with zero attached hydrogens (tertiary/aromatic N) is 1. The van der Waals surface area contributed by atoms with E-state index < -0.39 is 16.1 Å². The molecule has 0 radical (unpaired) electrons. The van der Waals surface area contributed by atoms with Crippen LogP contribution in [-0.4, -0.2) is 32.8 Å². The zero-order valence-corrected chi connectivity index (χ0v) is 16.4. The predicted molar refractivity (Wildman–Crippen MR) is 107 cm³/mol. The predicted octanol–water partition coefficient (Wildman–Crippen LogP) is 2.75. The molecule has 0 aromatic heterocycles. The minimum atomic E-state index is -3.75. The molecule has 2 aromatic carbocycles. The van der Waals surface area contributed by atoms with Gasteiger partial charge in [-0.1, -0.05) is 17.7 Å². The van der Waals surface area contributed by atoms with E-state index in [4.69, 9.17) is 16.3 Å². The Labute approximate surface area is 167 Å². The molecular formula is C19H18ClN3O4S. The number of amidine groups is 1. The van der Waals surface area contributed by atoms with Crippen molar-refractivity contribution in [1.82, 2.24) is 4.72 Å². The zero-order valence-electron chi connectivity index (χ0n) is 14.8.